The molecule has 0 aliphatic rings. The van der Waals surface area contributed by atoms with E-state index in [9.17, 15) is 0 Å². The van der Waals surface area contributed by atoms with Crippen molar-refractivity contribution in [3.05, 3.63) is 315 Å². The monoisotopic (exact) mass is 988 g/mol. The second-order valence-electron chi connectivity index (χ2n) is 19.0. The normalized spacial score (nSPS) is 11.1. The molecule has 0 fully saturated rings. The summed E-state index contributed by atoms with van der Waals surface area (Å²) in [6, 6.07) is 112. The number of hydrogen-bond acceptors (Lipinski definition) is 5. The van der Waals surface area contributed by atoms with Gasteiger partial charge in [-0.3, -0.25) is 0 Å². The van der Waals surface area contributed by atoms with Gasteiger partial charge >= 0.3 is 0 Å². The molecule has 13 aromatic rings. The topological polar surface area (TPSA) is 26.1 Å². The standard InChI is InChI=1S/C72H52N4O/c1-7-21-53(22-8-1)55-37-41-63(42-38-55)75(65-49-45-61(46-50-65)73(57-25-11-3-12-26-57)58-27-13-4-14-28-58)69-35-19-33-67-68-34-20-36-70(72(68)77-71(67)69)76(64-43-39-56(40-44-64)54-23-9-2-10-24-54)66-51-47-62(48-52-66)74(59-29-15-5-16-30-59)60-31-17-6-18-32-60/h1-52H. The molecule has 0 spiro atoms. The Balaban J connectivity index is 0.956. The van der Waals surface area contributed by atoms with Crippen LogP contribution >= 0.6 is 0 Å². The Morgan fingerprint density at radius 3 is 0.675 bits per heavy atom. The molecule has 0 unspecified atom stereocenters. The van der Waals surface area contributed by atoms with Gasteiger partial charge in [0.1, 0.15) is 0 Å². The number of nitrogens with zero attached hydrogens (tertiary/aromatic N) is 4. The second-order valence-corrected chi connectivity index (χ2v) is 19.0. The van der Waals surface area contributed by atoms with E-state index in [2.05, 4.69) is 335 Å². The molecule has 0 saturated heterocycles. The maximum Gasteiger partial charge on any atom is 0.159 e. The smallest absolute Gasteiger partial charge is 0.159 e. The van der Waals surface area contributed by atoms with Gasteiger partial charge in [-0.25, -0.2) is 0 Å². The van der Waals surface area contributed by atoms with Gasteiger partial charge in [-0.15, -0.1) is 0 Å². The van der Waals surface area contributed by atoms with Crippen LogP contribution in [0.2, 0.25) is 0 Å². The van der Waals surface area contributed by atoms with Crippen LogP contribution in [-0.2, 0) is 0 Å². The molecule has 366 valence electrons. The lowest BCUT2D eigenvalue weighted by Gasteiger charge is -2.28. The molecule has 0 radical (unpaired) electrons. The van der Waals surface area contributed by atoms with Crippen LogP contribution in [0.4, 0.5) is 68.2 Å². The van der Waals surface area contributed by atoms with E-state index in [0.29, 0.717) is 0 Å². The summed E-state index contributed by atoms with van der Waals surface area (Å²) in [6.45, 7) is 0. The van der Waals surface area contributed by atoms with Crippen molar-refractivity contribution in [3.63, 3.8) is 0 Å². The minimum atomic E-state index is 0.789. The number of fused-ring (bicyclic) bond motifs is 3. The Morgan fingerprint density at radius 1 is 0.169 bits per heavy atom. The summed E-state index contributed by atoms with van der Waals surface area (Å²) in [5.74, 6) is 0. The first-order valence-electron chi connectivity index (χ1n) is 26.1. The molecule has 0 bridgehead atoms. The van der Waals surface area contributed by atoms with E-state index in [1.165, 1.54) is 11.1 Å². The number of para-hydroxylation sites is 6. The molecule has 0 aliphatic carbocycles. The van der Waals surface area contributed by atoms with Gasteiger partial charge in [0.25, 0.3) is 0 Å². The quantitative estimate of drug-likeness (QED) is 0.108. The maximum atomic E-state index is 7.40. The molecule has 0 aliphatic heterocycles. The van der Waals surface area contributed by atoms with Gasteiger partial charge in [0, 0.05) is 67.6 Å². The SMILES string of the molecule is c1ccc(-c2ccc(N(c3ccc(N(c4ccccc4)c4ccccc4)cc3)c3cccc4c3oc3c(N(c5ccc(-c6ccccc6)cc5)c5ccc(N(c6ccccc6)c6ccccc6)cc5)cccc34)cc2)cc1. The zero-order chi connectivity index (χ0) is 51.3. The van der Waals surface area contributed by atoms with E-state index in [1.807, 2.05) is 0 Å². The van der Waals surface area contributed by atoms with E-state index in [0.717, 1.165) is 101 Å². The molecule has 0 N–H and O–H groups in total. The van der Waals surface area contributed by atoms with Crippen LogP contribution in [0.1, 0.15) is 0 Å². The third-order valence-corrected chi connectivity index (χ3v) is 14.2. The Hall–Kier alpha value is -10.4. The Morgan fingerprint density at radius 2 is 0.390 bits per heavy atom. The van der Waals surface area contributed by atoms with Crippen LogP contribution < -0.4 is 19.6 Å². The summed E-state index contributed by atoms with van der Waals surface area (Å²) in [5.41, 5.74) is 18.5. The molecule has 13 rings (SSSR count). The molecule has 0 amide bonds. The summed E-state index contributed by atoms with van der Waals surface area (Å²) in [6.07, 6.45) is 0. The lowest BCUT2D eigenvalue weighted by atomic mass is 10.0. The minimum absolute atomic E-state index is 0.789. The molecule has 1 heterocycles. The first kappa shape index (κ1) is 46.4. The van der Waals surface area contributed by atoms with Gasteiger partial charge < -0.3 is 24.0 Å². The predicted octanol–water partition coefficient (Wildman–Crippen LogP) is 20.8. The van der Waals surface area contributed by atoms with Crippen molar-refractivity contribution in [1.29, 1.82) is 0 Å². The molecule has 5 nitrogen and oxygen atoms in total. The Kier molecular flexibility index (Phi) is 12.6. The van der Waals surface area contributed by atoms with Crippen LogP contribution in [0.15, 0.2) is 320 Å². The summed E-state index contributed by atoms with van der Waals surface area (Å²) >= 11 is 0. The van der Waals surface area contributed by atoms with Crippen LogP contribution in [0.25, 0.3) is 44.2 Å². The number of rotatable bonds is 14. The summed E-state index contributed by atoms with van der Waals surface area (Å²) < 4.78 is 7.40. The third-order valence-electron chi connectivity index (χ3n) is 14.2. The summed E-state index contributed by atoms with van der Waals surface area (Å²) in [7, 11) is 0. The highest BCUT2D eigenvalue weighted by molar-refractivity contribution is 6.14. The highest BCUT2D eigenvalue weighted by Gasteiger charge is 2.25. The molecule has 77 heavy (non-hydrogen) atoms. The van der Waals surface area contributed by atoms with Crippen molar-refractivity contribution in [2.45, 2.75) is 0 Å². The molecule has 1 aromatic heterocycles. The van der Waals surface area contributed by atoms with Gasteiger partial charge in [-0.1, -0.05) is 182 Å². The average Bonchev–Trinajstić information content (AvgIpc) is 3.99. The van der Waals surface area contributed by atoms with E-state index in [4.69, 9.17) is 4.42 Å². The van der Waals surface area contributed by atoms with Gasteiger partial charge in [-0.05, 0) is 156 Å². The van der Waals surface area contributed by atoms with Crippen molar-refractivity contribution in [3.8, 4) is 22.3 Å². The van der Waals surface area contributed by atoms with Gasteiger partial charge in [0.2, 0.25) is 0 Å². The summed E-state index contributed by atoms with van der Waals surface area (Å²) in [5, 5.41) is 2.05. The fraction of sp³-hybridized carbons (Fsp3) is 0. The van der Waals surface area contributed by atoms with Crippen molar-refractivity contribution >= 4 is 90.2 Å². The number of hydrogen-bond donors (Lipinski definition) is 0. The highest BCUT2D eigenvalue weighted by atomic mass is 16.3. The van der Waals surface area contributed by atoms with Crippen LogP contribution in [0.3, 0.4) is 0 Å². The van der Waals surface area contributed by atoms with Crippen molar-refractivity contribution < 1.29 is 4.42 Å². The van der Waals surface area contributed by atoms with Crippen LogP contribution in [0, 0.1) is 0 Å². The number of furan rings is 1. The predicted molar refractivity (Wildman–Crippen MR) is 323 cm³/mol. The Labute approximate surface area is 449 Å². The highest BCUT2D eigenvalue weighted by Crippen LogP contribution is 2.48. The third kappa shape index (κ3) is 9.24. The van der Waals surface area contributed by atoms with E-state index in [1.54, 1.807) is 0 Å². The lowest BCUT2D eigenvalue weighted by Crippen LogP contribution is -2.12. The molecule has 0 atom stereocenters. The van der Waals surface area contributed by atoms with Gasteiger partial charge in [-0.2, -0.15) is 0 Å². The first-order valence-corrected chi connectivity index (χ1v) is 26.1. The average molecular weight is 989 g/mol. The number of anilines is 12. The summed E-state index contributed by atoms with van der Waals surface area (Å²) in [4.78, 5) is 9.23. The number of benzene rings is 12. The zero-order valence-electron chi connectivity index (χ0n) is 42.2. The second kappa shape index (κ2) is 20.9. The van der Waals surface area contributed by atoms with E-state index >= 15 is 0 Å². The molecule has 12 aromatic carbocycles. The first-order chi connectivity index (χ1) is 38.2. The van der Waals surface area contributed by atoms with Crippen LogP contribution in [0.5, 0.6) is 0 Å². The fourth-order valence-electron chi connectivity index (χ4n) is 10.6. The van der Waals surface area contributed by atoms with E-state index < -0.39 is 0 Å². The minimum Gasteiger partial charge on any atom is -0.452 e. The van der Waals surface area contributed by atoms with Crippen LogP contribution in [-0.4, -0.2) is 0 Å². The van der Waals surface area contributed by atoms with Crippen molar-refractivity contribution in [2.24, 2.45) is 0 Å². The molecular formula is C72H52N4O. The van der Waals surface area contributed by atoms with Gasteiger partial charge in [0.15, 0.2) is 11.2 Å². The zero-order valence-corrected chi connectivity index (χ0v) is 42.2. The molecule has 0 saturated carbocycles. The van der Waals surface area contributed by atoms with Crippen molar-refractivity contribution in [1.82, 2.24) is 0 Å². The molecular weight excluding hydrogens is 937 g/mol. The van der Waals surface area contributed by atoms with E-state index in [-0.39, 0.29) is 0 Å². The van der Waals surface area contributed by atoms with Gasteiger partial charge in [0.05, 0.1) is 11.4 Å². The lowest BCUT2D eigenvalue weighted by molar-refractivity contribution is 0.669. The fourth-order valence-corrected chi connectivity index (χ4v) is 10.6. The maximum absolute atomic E-state index is 7.40. The Bertz CT molecular complexity index is 3700. The van der Waals surface area contributed by atoms with Crippen molar-refractivity contribution in [2.75, 3.05) is 19.6 Å². The molecule has 5 heteroatoms. The largest absolute Gasteiger partial charge is 0.452 e.